The number of nitrogens with two attached hydrogens (primary N) is 1. The van der Waals surface area contributed by atoms with E-state index in [0.29, 0.717) is 42.1 Å². The normalized spacial score (nSPS) is 19.8. The Morgan fingerprint density at radius 3 is 2.83 bits per heavy atom. The van der Waals surface area contributed by atoms with Gasteiger partial charge in [0.25, 0.3) is 5.91 Å². The maximum atomic E-state index is 14.7. The molecule has 8 heteroatoms. The van der Waals surface area contributed by atoms with Gasteiger partial charge in [0, 0.05) is 36.2 Å². The van der Waals surface area contributed by atoms with Crippen LogP contribution >= 0.6 is 0 Å². The quantitative estimate of drug-likeness (QED) is 0.691. The van der Waals surface area contributed by atoms with E-state index in [4.69, 9.17) is 5.73 Å². The molecule has 0 aromatic heterocycles. The van der Waals surface area contributed by atoms with Crippen molar-refractivity contribution in [2.75, 3.05) is 28.6 Å². The van der Waals surface area contributed by atoms with E-state index in [-0.39, 0.29) is 23.3 Å². The van der Waals surface area contributed by atoms with Gasteiger partial charge in [0.1, 0.15) is 11.6 Å². The molecule has 0 spiro atoms. The molecule has 6 nitrogen and oxygen atoms in total. The van der Waals surface area contributed by atoms with E-state index < -0.39 is 11.6 Å². The van der Waals surface area contributed by atoms with Crippen molar-refractivity contribution in [1.29, 1.82) is 0 Å². The second-order valence-electron chi connectivity index (χ2n) is 7.20. The van der Waals surface area contributed by atoms with Gasteiger partial charge in [-0.3, -0.25) is 9.59 Å². The van der Waals surface area contributed by atoms with E-state index in [1.165, 1.54) is 30.5 Å². The maximum Gasteiger partial charge on any atom is 0.257 e. The van der Waals surface area contributed by atoms with Crippen LogP contribution in [0.2, 0.25) is 0 Å². The minimum atomic E-state index is -0.447. The van der Waals surface area contributed by atoms with E-state index in [0.717, 1.165) is 6.42 Å². The van der Waals surface area contributed by atoms with Gasteiger partial charge in [-0.2, -0.15) is 0 Å². The molecule has 1 atom stereocenters. The van der Waals surface area contributed by atoms with Crippen molar-refractivity contribution in [3.63, 3.8) is 0 Å². The van der Waals surface area contributed by atoms with Crippen molar-refractivity contribution in [3.05, 3.63) is 59.8 Å². The lowest BCUT2D eigenvalue weighted by Gasteiger charge is -2.33. The highest BCUT2D eigenvalue weighted by molar-refractivity contribution is 6.31. The molecule has 4 N–H and O–H groups in total. The summed E-state index contributed by atoms with van der Waals surface area (Å²) in [6, 6.07) is 8.67. The summed E-state index contributed by atoms with van der Waals surface area (Å²) in [6.45, 7) is 1.05. The maximum absolute atomic E-state index is 14.7. The summed E-state index contributed by atoms with van der Waals surface area (Å²) in [5, 5.41) is 5.55. The molecule has 1 unspecified atom stereocenters. The summed E-state index contributed by atoms with van der Waals surface area (Å²) in [4.78, 5) is 25.4. The smallest absolute Gasteiger partial charge is 0.257 e. The Hall–Kier alpha value is -3.42. The van der Waals surface area contributed by atoms with Gasteiger partial charge in [0.05, 0.1) is 17.2 Å². The molecule has 1 fully saturated rings. The fraction of sp³-hybridized carbons (Fsp3) is 0.238. The molecule has 4 rings (SSSR count). The number of carbonyl (C=O) groups is 2. The van der Waals surface area contributed by atoms with Crippen LogP contribution in [-0.2, 0) is 9.59 Å². The van der Waals surface area contributed by atoms with E-state index in [2.05, 4.69) is 10.6 Å². The largest absolute Gasteiger partial charge is 0.369 e. The average Bonchev–Trinajstić information content (AvgIpc) is 3.01. The van der Waals surface area contributed by atoms with E-state index in [9.17, 15) is 18.4 Å². The average molecular weight is 398 g/mol. The predicted molar refractivity (Wildman–Crippen MR) is 107 cm³/mol. The van der Waals surface area contributed by atoms with E-state index in [1.807, 2.05) is 4.90 Å². The number of primary amides is 1. The third-order valence-electron chi connectivity index (χ3n) is 5.26. The van der Waals surface area contributed by atoms with Crippen LogP contribution in [0.25, 0.3) is 5.57 Å². The van der Waals surface area contributed by atoms with Crippen LogP contribution in [0.4, 0.5) is 25.8 Å². The number of benzene rings is 2. The number of amides is 2. The molecular weight excluding hydrogens is 378 g/mol. The van der Waals surface area contributed by atoms with Gasteiger partial charge >= 0.3 is 0 Å². The molecule has 0 bridgehead atoms. The minimum Gasteiger partial charge on any atom is -0.369 e. The first-order chi connectivity index (χ1) is 13.9. The van der Waals surface area contributed by atoms with Gasteiger partial charge in [-0.15, -0.1) is 0 Å². The number of halogens is 2. The molecule has 2 aliphatic rings. The predicted octanol–water partition coefficient (Wildman–Crippen LogP) is 3.07. The highest BCUT2D eigenvalue weighted by Gasteiger charge is 2.26. The first kappa shape index (κ1) is 18.9. The highest BCUT2D eigenvalue weighted by Crippen LogP contribution is 2.33. The van der Waals surface area contributed by atoms with Gasteiger partial charge in [-0.05, 0) is 49.2 Å². The Kier molecular flexibility index (Phi) is 4.92. The standard InChI is InChI=1S/C21H20F2N4O2/c22-13-3-5-18-15(8-13)16(21(29)26-18)10-25-14-4-6-19(17(23)9-14)27-7-1-2-12(11-27)20(24)28/h3-6,8-10,12,25H,1-2,7,11H2,(H2,24,28)(H,26,29). The summed E-state index contributed by atoms with van der Waals surface area (Å²) in [6.07, 6.45) is 2.91. The summed E-state index contributed by atoms with van der Waals surface area (Å²) in [5.74, 6) is -1.90. The molecular formula is C21H20F2N4O2. The summed E-state index contributed by atoms with van der Waals surface area (Å²) >= 11 is 0. The molecule has 0 aliphatic carbocycles. The first-order valence-electron chi connectivity index (χ1n) is 9.34. The molecule has 0 saturated carbocycles. The molecule has 1 saturated heterocycles. The lowest BCUT2D eigenvalue weighted by molar-refractivity contribution is -0.122. The van der Waals surface area contributed by atoms with Crippen LogP contribution in [0.5, 0.6) is 0 Å². The number of nitrogens with one attached hydrogen (secondary N) is 2. The molecule has 2 aromatic rings. The van der Waals surface area contributed by atoms with Crippen LogP contribution < -0.4 is 21.3 Å². The second-order valence-corrected chi connectivity index (χ2v) is 7.20. The molecule has 2 amide bonds. The number of nitrogens with zero attached hydrogens (tertiary/aromatic N) is 1. The monoisotopic (exact) mass is 398 g/mol. The van der Waals surface area contributed by atoms with Crippen LogP contribution in [0, 0.1) is 17.6 Å². The molecule has 2 heterocycles. The Balaban J connectivity index is 1.52. The summed E-state index contributed by atoms with van der Waals surface area (Å²) in [7, 11) is 0. The van der Waals surface area contributed by atoms with Crippen molar-refractivity contribution in [3.8, 4) is 0 Å². The summed E-state index contributed by atoms with van der Waals surface area (Å²) < 4.78 is 28.2. The van der Waals surface area contributed by atoms with Gasteiger partial charge in [-0.25, -0.2) is 8.78 Å². The lowest BCUT2D eigenvalue weighted by Crippen LogP contribution is -2.41. The Morgan fingerprint density at radius 1 is 1.24 bits per heavy atom. The molecule has 2 aliphatic heterocycles. The van der Waals surface area contributed by atoms with Crippen molar-refractivity contribution in [1.82, 2.24) is 0 Å². The Bertz CT molecular complexity index is 1020. The first-order valence-corrected chi connectivity index (χ1v) is 9.34. The number of fused-ring (bicyclic) bond motifs is 1. The third-order valence-corrected chi connectivity index (χ3v) is 5.26. The minimum absolute atomic E-state index is 0.268. The van der Waals surface area contributed by atoms with E-state index in [1.54, 1.807) is 12.1 Å². The molecule has 2 aromatic carbocycles. The van der Waals surface area contributed by atoms with Gasteiger partial charge < -0.3 is 21.3 Å². The number of rotatable bonds is 4. The Morgan fingerprint density at radius 2 is 2.07 bits per heavy atom. The van der Waals surface area contributed by atoms with Crippen LogP contribution in [0.1, 0.15) is 18.4 Å². The van der Waals surface area contributed by atoms with Gasteiger partial charge in [-0.1, -0.05) is 0 Å². The van der Waals surface area contributed by atoms with Crippen molar-refractivity contribution >= 4 is 34.4 Å². The van der Waals surface area contributed by atoms with Crippen LogP contribution in [0.3, 0.4) is 0 Å². The summed E-state index contributed by atoms with van der Waals surface area (Å²) in [5.41, 5.74) is 7.48. The third kappa shape index (κ3) is 3.78. The highest BCUT2D eigenvalue weighted by atomic mass is 19.1. The SMILES string of the molecule is NC(=O)C1CCCN(c2ccc(NC=C3C(=O)Nc4ccc(F)cc43)cc2F)C1. The zero-order chi connectivity index (χ0) is 20.5. The Labute approximate surface area is 166 Å². The van der Waals surface area contributed by atoms with Gasteiger partial charge in [0.15, 0.2) is 0 Å². The molecule has 0 radical (unpaired) electrons. The number of hydrogen-bond donors (Lipinski definition) is 3. The number of piperidine rings is 1. The fourth-order valence-corrected chi connectivity index (χ4v) is 3.74. The zero-order valence-corrected chi connectivity index (χ0v) is 15.5. The van der Waals surface area contributed by atoms with Crippen LogP contribution in [-0.4, -0.2) is 24.9 Å². The zero-order valence-electron chi connectivity index (χ0n) is 15.5. The molecule has 150 valence electrons. The van der Waals surface area contributed by atoms with Crippen molar-refractivity contribution in [2.24, 2.45) is 11.7 Å². The number of carbonyl (C=O) groups excluding carboxylic acids is 2. The van der Waals surface area contributed by atoms with Gasteiger partial charge in [0.2, 0.25) is 5.91 Å². The van der Waals surface area contributed by atoms with Crippen molar-refractivity contribution in [2.45, 2.75) is 12.8 Å². The molecule has 29 heavy (non-hydrogen) atoms. The number of anilines is 3. The second kappa shape index (κ2) is 7.54. The number of hydrogen-bond acceptors (Lipinski definition) is 4. The topological polar surface area (TPSA) is 87.5 Å². The van der Waals surface area contributed by atoms with Crippen LogP contribution in [0.15, 0.2) is 42.6 Å². The lowest BCUT2D eigenvalue weighted by atomic mass is 9.97. The fourth-order valence-electron chi connectivity index (χ4n) is 3.74. The van der Waals surface area contributed by atoms with Crippen molar-refractivity contribution < 1.29 is 18.4 Å². The van der Waals surface area contributed by atoms with E-state index >= 15 is 0 Å².